The number of nitrogens with zero attached hydrogens (tertiary/aromatic N) is 1. The molecule has 1 N–H and O–H groups in total. The minimum atomic E-state index is -0.737. The van der Waals surface area contributed by atoms with E-state index in [4.69, 9.17) is 9.47 Å². The van der Waals surface area contributed by atoms with Gasteiger partial charge in [0.05, 0.1) is 24.2 Å². The van der Waals surface area contributed by atoms with Crippen molar-refractivity contribution in [2.24, 2.45) is 0 Å². The summed E-state index contributed by atoms with van der Waals surface area (Å²) in [5.41, 5.74) is 0.359. The van der Waals surface area contributed by atoms with Crippen LogP contribution in [0, 0.1) is 10.1 Å². The van der Waals surface area contributed by atoms with Gasteiger partial charge in [-0.05, 0) is 25.1 Å². The average Bonchev–Trinajstić information content (AvgIpc) is 2.47. The van der Waals surface area contributed by atoms with Gasteiger partial charge in [-0.3, -0.25) is 10.1 Å². The summed E-state index contributed by atoms with van der Waals surface area (Å²) in [6, 6.07) is 11.2. The minimum Gasteiger partial charge on any atom is -0.496 e. The van der Waals surface area contributed by atoms with E-state index < -0.39 is 11.0 Å². The van der Waals surface area contributed by atoms with E-state index in [-0.39, 0.29) is 11.4 Å². The lowest BCUT2D eigenvalue weighted by atomic mass is 10.1. The summed E-state index contributed by atoms with van der Waals surface area (Å²) in [5.74, 6) is 0.840. The highest BCUT2D eigenvalue weighted by molar-refractivity contribution is 5.53. The molecular weight excluding hydrogens is 274 g/mol. The van der Waals surface area contributed by atoms with Gasteiger partial charge in [-0.2, -0.15) is 0 Å². The number of aliphatic hydroxyl groups excluding tert-OH is 1. The van der Waals surface area contributed by atoms with Crippen LogP contribution < -0.4 is 9.47 Å². The molecule has 0 aliphatic heterocycles. The van der Waals surface area contributed by atoms with Crippen LogP contribution in [0.5, 0.6) is 17.2 Å². The Morgan fingerprint density at radius 3 is 2.52 bits per heavy atom. The highest BCUT2D eigenvalue weighted by Crippen LogP contribution is 2.36. The molecule has 6 nitrogen and oxygen atoms in total. The molecule has 0 fully saturated rings. The first-order valence-corrected chi connectivity index (χ1v) is 6.30. The smallest absolute Gasteiger partial charge is 0.315 e. The van der Waals surface area contributed by atoms with Crippen LogP contribution in [0.3, 0.4) is 0 Å². The zero-order valence-corrected chi connectivity index (χ0v) is 11.6. The first kappa shape index (κ1) is 14.8. The first-order valence-electron chi connectivity index (χ1n) is 6.30. The fraction of sp³-hybridized carbons (Fsp3) is 0.200. The molecule has 1 atom stereocenters. The monoisotopic (exact) mass is 289 g/mol. The Morgan fingerprint density at radius 2 is 1.90 bits per heavy atom. The molecule has 2 rings (SSSR count). The summed E-state index contributed by atoms with van der Waals surface area (Å²) in [6.45, 7) is 1.60. The highest BCUT2D eigenvalue weighted by Gasteiger charge is 2.19. The number of methoxy groups -OCH3 is 1. The molecule has 0 spiro atoms. The van der Waals surface area contributed by atoms with Crippen molar-refractivity contribution in [3.05, 3.63) is 58.1 Å². The van der Waals surface area contributed by atoms with E-state index in [1.807, 2.05) is 0 Å². The lowest BCUT2D eigenvalue weighted by molar-refractivity contribution is -0.385. The quantitative estimate of drug-likeness (QED) is 0.673. The van der Waals surface area contributed by atoms with Crippen molar-refractivity contribution >= 4 is 5.69 Å². The van der Waals surface area contributed by atoms with E-state index in [2.05, 4.69) is 0 Å². The number of ether oxygens (including phenoxy) is 2. The third-order valence-corrected chi connectivity index (χ3v) is 2.95. The topological polar surface area (TPSA) is 81.8 Å². The minimum absolute atomic E-state index is 0.0916. The van der Waals surface area contributed by atoms with Crippen molar-refractivity contribution < 1.29 is 19.5 Å². The molecule has 0 saturated carbocycles. The summed E-state index contributed by atoms with van der Waals surface area (Å²) in [7, 11) is 1.43. The lowest BCUT2D eigenvalue weighted by Crippen LogP contribution is -1.98. The van der Waals surface area contributed by atoms with Crippen LogP contribution in [0.2, 0.25) is 0 Å². The second-order valence-corrected chi connectivity index (χ2v) is 4.41. The van der Waals surface area contributed by atoms with Crippen LogP contribution >= 0.6 is 0 Å². The Hall–Kier alpha value is -2.60. The second-order valence-electron chi connectivity index (χ2n) is 4.41. The molecule has 2 aromatic rings. The maximum absolute atomic E-state index is 11.1. The van der Waals surface area contributed by atoms with Crippen LogP contribution in [-0.2, 0) is 0 Å². The molecule has 21 heavy (non-hydrogen) atoms. The predicted molar refractivity (Wildman–Crippen MR) is 76.8 cm³/mol. The van der Waals surface area contributed by atoms with Gasteiger partial charge in [0, 0.05) is 5.56 Å². The number of aliphatic hydroxyl groups is 1. The molecule has 0 amide bonds. The van der Waals surface area contributed by atoms with Crippen molar-refractivity contribution in [1.29, 1.82) is 0 Å². The Balaban J connectivity index is 2.42. The Bertz CT molecular complexity index is 654. The molecule has 0 aromatic heterocycles. The summed E-state index contributed by atoms with van der Waals surface area (Å²) in [5, 5.41) is 20.8. The summed E-state index contributed by atoms with van der Waals surface area (Å²) in [4.78, 5) is 10.6. The highest BCUT2D eigenvalue weighted by atomic mass is 16.6. The third kappa shape index (κ3) is 3.29. The normalized spacial score (nSPS) is 11.8. The molecule has 1 unspecified atom stereocenters. The summed E-state index contributed by atoms with van der Waals surface area (Å²) < 4.78 is 10.6. The van der Waals surface area contributed by atoms with Gasteiger partial charge in [0.25, 0.3) is 0 Å². The average molecular weight is 289 g/mol. The number of nitro benzene ring substituents is 1. The Labute approximate surface area is 121 Å². The summed E-state index contributed by atoms with van der Waals surface area (Å²) in [6.07, 6.45) is -0.737. The lowest BCUT2D eigenvalue weighted by Gasteiger charge is -2.13. The number of rotatable bonds is 5. The van der Waals surface area contributed by atoms with E-state index >= 15 is 0 Å². The van der Waals surface area contributed by atoms with Gasteiger partial charge < -0.3 is 14.6 Å². The van der Waals surface area contributed by atoms with Crippen molar-refractivity contribution in [3.8, 4) is 17.2 Å². The Kier molecular flexibility index (Phi) is 4.39. The van der Waals surface area contributed by atoms with Crippen LogP contribution in [0.25, 0.3) is 0 Å². The van der Waals surface area contributed by atoms with Gasteiger partial charge >= 0.3 is 5.69 Å². The number of hydrogen-bond acceptors (Lipinski definition) is 5. The van der Waals surface area contributed by atoms with Crippen molar-refractivity contribution in [2.45, 2.75) is 13.0 Å². The van der Waals surface area contributed by atoms with E-state index in [0.29, 0.717) is 17.1 Å². The summed E-state index contributed by atoms with van der Waals surface area (Å²) >= 11 is 0. The molecule has 0 radical (unpaired) electrons. The van der Waals surface area contributed by atoms with Gasteiger partial charge in [-0.1, -0.05) is 18.2 Å². The molecule has 0 saturated heterocycles. The molecule has 2 aromatic carbocycles. The maximum Gasteiger partial charge on any atom is 0.315 e. The fourth-order valence-corrected chi connectivity index (χ4v) is 1.89. The van der Waals surface area contributed by atoms with Crippen LogP contribution in [0.15, 0.2) is 42.5 Å². The van der Waals surface area contributed by atoms with Crippen LogP contribution in [-0.4, -0.2) is 17.1 Å². The largest absolute Gasteiger partial charge is 0.496 e. The van der Waals surface area contributed by atoms with Crippen molar-refractivity contribution in [2.75, 3.05) is 7.11 Å². The van der Waals surface area contributed by atoms with E-state index in [9.17, 15) is 15.2 Å². The zero-order valence-electron chi connectivity index (χ0n) is 11.6. The van der Waals surface area contributed by atoms with Gasteiger partial charge in [0.1, 0.15) is 11.5 Å². The SMILES string of the molecule is COc1ccc(Oc2ccccc2C(C)O)c([N+](=O)[O-])c1. The van der Waals surface area contributed by atoms with Crippen LogP contribution in [0.4, 0.5) is 5.69 Å². The number of nitro groups is 1. The predicted octanol–water partition coefficient (Wildman–Crippen LogP) is 3.45. The van der Waals surface area contributed by atoms with Gasteiger partial charge in [0.15, 0.2) is 0 Å². The van der Waals surface area contributed by atoms with Crippen molar-refractivity contribution in [3.63, 3.8) is 0 Å². The molecule has 0 aliphatic rings. The second kappa shape index (κ2) is 6.23. The van der Waals surface area contributed by atoms with Crippen LogP contribution in [0.1, 0.15) is 18.6 Å². The molecule has 6 heteroatoms. The molecule has 0 aliphatic carbocycles. The standard InChI is InChI=1S/C15H15NO5/c1-10(17)12-5-3-4-6-14(12)21-15-8-7-11(20-2)9-13(15)16(18)19/h3-10,17H,1-2H3. The van der Waals surface area contributed by atoms with E-state index in [1.165, 1.54) is 19.2 Å². The number of hydrogen-bond donors (Lipinski definition) is 1. The fourth-order valence-electron chi connectivity index (χ4n) is 1.89. The van der Waals surface area contributed by atoms with Crippen molar-refractivity contribution in [1.82, 2.24) is 0 Å². The third-order valence-electron chi connectivity index (χ3n) is 2.95. The van der Waals surface area contributed by atoms with E-state index in [0.717, 1.165) is 0 Å². The molecule has 110 valence electrons. The van der Waals surface area contributed by atoms with Gasteiger partial charge in [0.2, 0.25) is 5.75 Å². The Morgan fingerprint density at radius 1 is 1.19 bits per heavy atom. The first-order chi connectivity index (χ1) is 10.0. The molecular formula is C15H15NO5. The van der Waals surface area contributed by atoms with E-state index in [1.54, 1.807) is 37.3 Å². The molecule has 0 heterocycles. The number of para-hydroxylation sites is 1. The number of benzene rings is 2. The maximum atomic E-state index is 11.1. The zero-order chi connectivity index (χ0) is 15.4. The van der Waals surface area contributed by atoms with Gasteiger partial charge in [-0.15, -0.1) is 0 Å². The molecule has 0 bridgehead atoms. The van der Waals surface area contributed by atoms with Gasteiger partial charge in [-0.25, -0.2) is 0 Å².